The summed E-state index contributed by atoms with van der Waals surface area (Å²) in [4.78, 5) is 27.8. The molecule has 0 radical (unpaired) electrons. The summed E-state index contributed by atoms with van der Waals surface area (Å²) in [6, 6.07) is 10.5. The fourth-order valence-electron chi connectivity index (χ4n) is 5.02. The summed E-state index contributed by atoms with van der Waals surface area (Å²) in [5.74, 6) is 5.00. The minimum absolute atomic E-state index is 0.00516. The summed E-state index contributed by atoms with van der Waals surface area (Å²) in [5, 5.41) is 7.11. The number of methoxy groups -OCH3 is 1. The van der Waals surface area contributed by atoms with E-state index in [1.54, 1.807) is 12.3 Å². The summed E-state index contributed by atoms with van der Waals surface area (Å²) in [6.07, 6.45) is 6.25. The Balaban J connectivity index is 1.49. The van der Waals surface area contributed by atoms with Crippen LogP contribution in [-0.4, -0.2) is 101 Å². The number of piperidine rings is 1. The number of anilines is 2. The van der Waals surface area contributed by atoms with Gasteiger partial charge in [-0.1, -0.05) is 11.6 Å². The SMILES string of the molecule is C=S(=O)(CCOC)c1cnc(-c2cc3cnc(Nc4ccc(OC5CCCNC5)cc4)nc3n(CCN(C)S(C)(=O)=O)c2=O)c(Cl)c1. The molecule has 252 valence electrons. The maximum atomic E-state index is 14.0. The number of sulfonamides is 1. The first-order chi connectivity index (χ1) is 22.4. The van der Waals surface area contributed by atoms with Crippen molar-refractivity contribution in [3.05, 3.63) is 64.2 Å². The smallest absolute Gasteiger partial charge is 0.261 e. The molecule has 0 saturated carbocycles. The van der Waals surface area contributed by atoms with Crippen LogP contribution in [0.5, 0.6) is 5.75 Å². The van der Waals surface area contributed by atoms with Crippen LogP contribution < -0.4 is 20.9 Å². The molecule has 0 spiro atoms. The van der Waals surface area contributed by atoms with Crippen LogP contribution in [0.3, 0.4) is 0 Å². The van der Waals surface area contributed by atoms with Crippen LogP contribution in [0, 0.1) is 0 Å². The monoisotopic (exact) mass is 703 g/mol. The predicted molar refractivity (Wildman–Crippen MR) is 186 cm³/mol. The lowest BCUT2D eigenvalue weighted by Crippen LogP contribution is -2.37. The number of nitrogens with zero attached hydrogens (tertiary/aromatic N) is 5. The number of benzene rings is 1. The van der Waals surface area contributed by atoms with Crippen molar-refractivity contribution in [2.75, 3.05) is 57.7 Å². The highest BCUT2D eigenvalue weighted by atomic mass is 35.5. The molecule has 0 bridgehead atoms. The number of rotatable bonds is 13. The molecule has 3 aromatic heterocycles. The first-order valence-corrected chi connectivity index (χ1v) is 19.0. The fourth-order valence-corrected chi connectivity index (χ4v) is 7.01. The van der Waals surface area contributed by atoms with Crippen molar-refractivity contribution in [3.8, 4) is 17.0 Å². The van der Waals surface area contributed by atoms with Gasteiger partial charge in [0.1, 0.15) is 17.5 Å². The zero-order valence-electron chi connectivity index (χ0n) is 26.4. The van der Waals surface area contributed by atoms with Gasteiger partial charge in [0.15, 0.2) is 0 Å². The Hall–Kier alpha value is -3.60. The molecule has 0 amide bonds. The number of likely N-dealkylation sites (N-methyl/N-ethyl adjacent to an activating group) is 1. The van der Waals surface area contributed by atoms with Crippen LogP contribution in [0.2, 0.25) is 5.02 Å². The lowest BCUT2D eigenvalue weighted by atomic mass is 10.1. The summed E-state index contributed by atoms with van der Waals surface area (Å²) >= 11 is 6.61. The number of hydrogen-bond acceptors (Lipinski definition) is 11. The van der Waals surface area contributed by atoms with Crippen molar-refractivity contribution < 1.29 is 22.1 Å². The second-order valence-corrected chi connectivity index (χ2v) is 16.3. The summed E-state index contributed by atoms with van der Waals surface area (Å²) in [5.41, 5.74) is 0.833. The third-order valence-electron chi connectivity index (χ3n) is 7.81. The Kier molecular flexibility index (Phi) is 10.8. The van der Waals surface area contributed by atoms with Gasteiger partial charge in [0.25, 0.3) is 5.56 Å². The second-order valence-electron chi connectivity index (χ2n) is 11.3. The van der Waals surface area contributed by atoms with E-state index in [1.807, 2.05) is 24.3 Å². The van der Waals surface area contributed by atoms with Gasteiger partial charge in [0.2, 0.25) is 16.0 Å². The zero-order chi connectivity index (χ0) is 33.8. The fraction of sp³-hybridized carbons (Fsp3) is 0.387. The van der Waals surface area contributed by atoms with E-state index < -0.39 is 25.1 Å². The van der Waals surface area contributed by atoms with Gasteiger partial charge >= 0.3 is 0 Å². The number of hydrogen-bond donors (Lipinski definition) is 2. The molecule has 0 aliphatic carbocycles. The molecule has 1 aliphatic rings. The van der Waals surface area contributed by atoms with Crippen LogP contribution in [0.4, 0.5) is 11.6 Å². The number of ether oxygens (including phenoxy) is 2. The molecule has 4 aromatic rings. The molecule has 1 aliphatic heterocycles. The standard InChI is InChI=1S/C31H38ClN7O6S2/c1-38(47(4,42)43)12-13-39-29-21(16-26(30(39)40)28-27(32)17-25(20-34-28)46(3,41)15-14-44-2)18-35-31(37-29)36-22-7-9-23(10-8-22)45-24-6-5-11-33-19-24/h7-10,16-18,20,24,33H,3,5-6,11-15,19H2,1-2,4H3,(H,35,36,37). The second kappa shape index (κ2) is 14.7. The molecule has 16 heteroatoms. The third kappa shape index (κ3) is 8.47. The van der Waals surface area contributed by atoms with Gasteiger partial charge in [0, 0.05) is 63.0 Å². The van der Waals surface area contributed by atoms with E-state index in [0.29, 0.717) is 16.0 Å². The molecule has 2 N–H and O–H groups in total. The summed E-state index contributed by atoms with van der Waals surface area (Å²) < 4.78 is 51.0. The lowest BCUT2D eigenvalue weighted by Gasteiger charge is -2.24. The molecule has 2 atom stereocenters. The zero-order valence-corrected chi connectivity index (χ0v) is 28.8. The Labute approximate surface area is 279 Å². The van der Waals surface area contributed by atoms with Crippen LogP contribution in [0.25, 0.3) is 22.3 Å². The maximum absolute atomic E-state index is 14.0. The Bertz CT molecular complexity index is 2020. The molecular weight excluding hydrogens is 666 g/mol. The van der Waals surface area contributed by atoms with Crippen molar-refractivity contribution in [3.63, 3.8) is 0 Å². The normalized spacial score (nSPS) is 16.7. The van der Waals surface area contributed by atoms with Gasteiger partial charge in [-0.3, -0.25) is 18.6 Å². The highest BCUT2D eigenvalue weighted by Gasteiger charge is 2.20. The van der Waals surface area contributed by atoms with E-state index in [4.69, 9.17) is 21.1 Å². The quantitative estimate of drug-likeness (QED) is 0.197. The van der Waals surface area contributed by atoms with Gasteiger partial charge < -0.3 is 20.1 Å². The van der Waals surface area contributed by atoms with Crippen molar-refractivity contribution >= 4 is 59.7 Å². The van der Waals surface area contributed by atoms with E-state index in [1.165, 1.54) is 31.0 Å². The highest BCUT2D eigenvalue weighted by Crippen LogP contribution is 2.29. The van der Waals surface area contributed by atoms with E-state index >= 15 is 0 Å². The van der Waals surface area contributed by atoms with Gasteiger partial charge in [-0.05, 0) is 71.2 Å². The maximum Gasteiger partial charge on any atom is 0.261 e. The summed E-state index contributed by atoms with van der Waals surface area (Å²) in [7, 11) is -3.29. The average Bonchev–Trinajstić information content (AvgIpc) is 3.04. The van der Waals surface area contributed by atoms with Crippen molar-refractivity contribution in [2.24, 2.45) is 0 Å². The predicted octanol–water partition coefficient (Wildman–Crippen LogP) is 2.99. The molecular formula is C31H38ClN7O6S2. The van der Waals surface area contributed by atoms with Crippen molar-refractivity contribution in [1.82, 2.24) is 29.1 Å². The van der Waals surface area contributed by atoms with E-state index in [-0.39, 0.29) is 59.4 Å². The van der Waals surface area contributed by atoms with Crippen LogP contribution >= 0.6 is 11.6 Å². The Morgan fingerprint density at radius 1 is 1.17 bits per heavy atom. The third-order valence-corrected chi connectivity index (χ3v) is 11.3. The molecule has 47 heavy (non-hydrogen) atoms. The van der Waals surface area contributed by atoms with Crippen molar-refractivity contribution in [2.45, 2.75) is 30.4 Å². The Morgan fingerprint density at radius 3 is 2.60 bits per heavy atom. The van der Waals surface area contributed by atoms with E-state index in [9.17, 15) is 17.4 Å². The number of pyridine rings is 2. The van der Waals surface area contributed by atoms with Gasteiger partial charge in [-0.2, -0.15) is 4.98 Å². The first kappa shape index (κ1) is 34.7. The van der Waals surface area contributed by atoms with Gasteiger partial charge in [0.05, 0.1) is 34.0 Å². The number of halogens is 1. The molecule has 4 heterocycles. The average molecular weight is 704 g/mol. The lowest BCUT2D eigenvalue weighted by molar-refractivity contribution is 0.167. The largest absolute Gasteiger partial charge is 0.489 e. The summed E-state index contributed by atoms with van der Waals surface area (Å²) in [6.45, 7) is 2.06. The molecule has 1 saturated heterocycles. The molecule has 5 rings (SSSR count). The number of nitrogens with one attached hydrogen (secondary N) is 2. The molecule has 13 nitrogen and oxygen atoms in total. The molecule has 1 aromatic carbocycles. The molecule has 2 unspecified atom stereocenters. The van der Waals surface area contributed by atoms with E-state index in [2.05, 4.69) is 31.5 Å². The molecule has 1 fully saturated rings. The Morgan fingerprint density at radius 2 is 1.94 bits per heavy atom. The first-order valence-electron chi connectivity index (χ1n) is 14.9. The number of aromatic nitrogens is 4. The van der Waals surface area contributed by atoms with Gasteiger partial charge in [-0.15, -0.1) is 0 Å². The minimum atomic E-state index is -3.51. The topological polar surface area (TPSA) is 158 Å². The van der Waals surface area contributed by atoms with Crippen LogP contribution in [0.1, 0.15) is 12.8 Å². The highest BCUT2D eigenvalue weighted by molar-refractivity contribution is 8.00. The van der Waals surface area contributed by atoms with Gasteiger partial charge in [-0.25, -0.2) is 17.7 Å². The van der Waals surface area contributed by atoms with E-state index in [0.717, 1.165) is 42.2 Å². The van der Waals surface area contributed by atoms with Crippen molar-refractivity contribution in [1.29, 1.82) is 0 Å². The van der Waals surface area contributed by atoms with Crippen LogP contribution in [0.15, 0.2) is 58.5 Å². The minimum Gasteiger partial charge on any atom is -0.489 e. The number of fused-ring (bicyclic) bond motifs is 1. The van der Waals surface area contributed by atoms with Crippen LogP contribution in [-0.2, 0) is 30.8 Å².